The Kier molecular flexibility index (Phi) is 7.38. The number of carbonyl (C=O) groups is 1. The van der Waals surface area contributed by atoms with E-state index in [0.29, 0.717) is 18.0 Å². The van der Waals surface area contributed by atoms with Gasteiger partial charge in [-0.2, -0.15) is 0 Å². The second kappa shape index (κ2) is 9.98. The Morgan fingerprint density at radius 1 is 1.03 bits per heavy atom. The van der Waals surface area contributed by atoms with Crippen LogP contribution in [0.3, 0.4) is 0 Å². The molecule has 5 heteroatoms. The summed E-state index contributed by atoms with van der Waals surface area (Å²) in [6.07, 6.45) is 2.42. The van der Waals surface area contributed by atoms with Crippen molar-refractivity contribution in [3.05, 3.63) is 59.7 Å². The average molecular weight is 411 g/mol. The lowest BCUT2D eigenvalue weighted by Gasteiger charge is -2.29. The Bertz CT molecular complexity index is 821. The molecule has 1 aliphatic heterocycles. The minimum absolute atomic E-state index is 0.0317. The van der Waals surface area contributed by atoms with Gasteiger partial charge < -0.3 is 14.8 Å². The summed E-state index contributed by atoms with van der Waals surface area (Å²) in [7, 11) is 1.59. The summed E-state index contributed by atoms with van der Waals surface area (Å²) in [6.45, 7) is 9.35. The summed E-state index contributed by atoms with van der Waals surface area (Å²) in [5.41, 5.74) is 2.70. The molecule has 1 fully saturated rings. The van der Waals surface area contributed by atoms with Gasteiger partial charge in [0.2, 0.25) is 0 Å². The molecule has 3 rings (SSSR count). The molecule has 2 aromatic rings. The largest absolute Gasteiger partial charge is 0.493 e. The van der Waals surface area contributed by atoms with E-state index in [1.165, 1.54) is 24.0 Å². The number of rotatable bonds is 8. The third-order valence-electron chi connectivity index (χ3n) is 5.66. The molecule has 0 spiro atoms. The van der Waals surface area contributed by atoms with Crippen LogP contribution in [-0.4, -0.2) is 44.2 Å². The molecule has 30 heavy (non-hydrogen) atoms. The van der Waals surface area contributed by atoms with Gasteiger partial charge in [-0.1, -0.05) is 57.2 Å². The summed E-state index contributed by atoms with van der Waals surface area (Å²) >= 11 is 0. The quantitative estimate of drug-likeness (QED) is 0.704. The van der Waals surface area contributed by atoms with E-state index in [9.17, 15) is 4.79 Å². The van der Waals surface area contributed by atoms with Crippen molar-refractivity contribution in [2.45, 2.75) is 45.1 Å². The Morgan fingerprint density at radius 3 is 2.27 bits per heavy atom. The SMILES string of the molecule is COc1ccccc1OCC(=O)NC[C@H](c1ccc(C(C)(C)C)cc1)N1CCCC1. The fourth-order valence-corrected chi connectivity index (χ4v) is 3.86. The normalized spacial score (nSPS) is 15.6. The molecule has 2 aromatic carbocycles. The van der Waals surface area contributed by atoms with Gasteiger partial charge in [0.15, 0.2) is 18.1 Å². The number of likely N-dealkylation sites (tertiary alicyclic amines) is 1. The first kappa shape index (κ1) is 22.2. The molecule has 0 radical (unpaired) electrons. The van der Waals surface area contributed by atoms with Gasteiger partial charge in [0, 0.05) is 6.54 Å². The van der Waals surface area contributed by atoms with Crippen LogP contribution in [0.25, 0.3) is 0 Å². The van der Waals surface area contributed by atoms with E-state index in [2.05, 4.69) is 55.3 Å². The zero-order chi connectivity index (χ0) is 21.6. The van der Waals surface area contributed by atoms with Crippen LogP contribution >= 0.6 is 0 Å². The van der Waals surface area contributed by atoms with Crippen molar-refractivity contribution in [3.8, 4) is 11.5 Å². The Labute approximate surface area is 180 Å². The van der Waals surface area contributed by atoms with Gasteiger partial charge in [0.25, 0.3) is 5.91 Å². The van der Waals surface area contributed by atoms with Crippen LogP contribution in [-0.2, 0) is 10.2 Å². The third kappa shape index (κ3) is 5.76. The predicted molar refractivity (Wildman–Crippen MR) is 120 cm³/mol. The van der Waals surface area contributed by atoms with Gasteiger partial charge in [0.1, 0.15) is 0 Å². The average Bonchev–Trinajstić information content (AvgIpc) is 3.27. The van der Waals surface area contributed by atoms with Crippen LogP contribution in [0.2, 0.25) is 0 Å². The van der Waals surface area contributed by atoms with Crippen LogP contribution in [0, 0.1) is 0 Å². The molecule has 0 aliphatic carbocycles. The number of hydrogen-bond donors (Lipinski definition) is 1. The van der Waals surface area contributed by atoms with Gasteiger partial charge in [-0.15, -0.1) is 0 Å². The molecule has 162 valence electrons. The molecule has 1 amide bonds. The maximum absolute atomic E-state index is 12.5. The number of nitrogens with one attached hydrogen (secondary N) is 1. The fraction of sp³-hybridized carbons (Fsp3) is 0.480. The van der Waals surface area contributed by atoms with Crippen molar-refractivity contribution < 1.29 is 14.3 Å². The fourth-order valence-electron chi connectivity index (χ4n) is 3.86. The molecule has 0 saturated carbocycles. The molecular weight excluding hydrogens is 376 g/mol. The maximum Gasteiger partial charge on any atom is 0.258 e. The van der Waals surface area contributed by atoms with Crippen LogP contribution in [0.4, 0.5) is 0 Å². The minimum atomic E-state index is -0.128. The van der Waals surface area contributed by atoms with E-state index in [4.69, 9.17) is 9.47 Å². The maximum atomic E-state index is 12.5. The van der Waals surface area contributed by atoms with Gasteiger partial charge in [0.05, 0.1) is 13.2 Å². The van der Waals surface area contributed by atoms with Gasteiger partial charge in [-0.05, 0) is 54.6 Å². The summed E-state index contributed by atoms with van der Waals surface area (Å²) in [5, 5.41) is 3.06. The first-order chi connectivity index (χ1) is 14.4. The lowest BCUT2D eigenvalue weighted by atomic mass is 9.86. The molecule has 1 heterocycles. The lowest BCUT2D eigenvalue weighted by molar-refractivity contribution is -0.123. The highest BCUT2D eigenvalue weighted by Crippen LogP contribution is 2.28. The van der Waals surface area contributed by atoms with Gasteiger partial charge in [-0.3, -0.25) is 9.69 Å². The number of ether oxygens (including phenoxy) is 2. The van der Waals surface area contributed by atoms with E-state index >= 15 is 0 Å². The van der Waals surface area contributed by atoms with Crippen molar-refractivity contribution in [1.82, 2.24) is 10.2 Å². The first-order valence-corrected chi connectivity index (χ1v) is 10.8. The molecule has 1 N–H and O–H groups in total. The Balaban J connectivity index is 1.62. The van der Waals surface area contributed by atoms with Crippen molar-refractivity contribution in [1.29, 1.82) is 0 Å². The summed E-state index contributed by atoms with van der Waals surface area (Å²) < 4.78 is 10.9. The van der Waals surface area contributed by atoms with Crippen LogP contribution in [0.5, 0.6) is 11.5 Å². The summed E-state index contributed by atoms with van der Waals surface area (Å²) in [6, 6.07) is 16.4. The highest BCUT2D eigenvalue weighted by Gasteiger charge is 2.24. The number of benzene rings is 2. The van der Waals surface area contributed by atoms with E-state index in [-0.39, 0.29) is 24.0 Å². The molecule has 5 nitrogen and oxygen atoms in total. The highest BCUT2D eigenvalue weighted by molar-refractivity contribution is 5.77. The number of carbonyl (C=O) groups excluding carboxylic acids is 1. The van der Waals surface area contributed by atoms with E-state index < -0.39 is 0 Å². The smallest absolute Gasteiger partial charge is 0.258 e. The minimum Gasteiger partial charge on any atom is -0.493 e. The molecule has 0 unspecified atom stereocenters. The summed E-state index contributed by atoms with van der Waals surface area (Å²) in [5.74, 6) is 1.07. The van der Waals surface area contributed by atoms with E-state index in [0.717, 1.165) is 13.1 Å². The van der Waals surface area contributed by atoms with E-state index in [1.54, 1.807) is 13.2 Å². The molecule has 0 bridgehead atoms. The number of amides is 1. The topological polar surface area (TPSA) is 50.8 Å². The zero-order valence-electron chi connectivity index (χ0n) is 18.6. The highest BCUT2D eigenvalue weighted by atomic mass is 16.5. The predicted octanol–water partition coefficient (Wildman–Crippen LogP) is 4.32. The summed E-state index contributed by atoms with van der Waals surface area (Å²) in [4.78, 5) is 14.9. The number of para-hydroxylation sites is 2. The first-order valence-electron chi connectivity index (χ1n) is 10.8. The molecule has 1 saturated heterocycles. The Morgan fingerprint density at radius 2 is 1.67 bits per heavy atom. The Hall–Kier alpha value is -2.53. The van der Waals surface area contributed by atoms with Gasteiger partial charge >= 0.3 is 0 Å². The van der Waals surface area contributed by atoms with E-state index in [1.807, 2.05) is 18.2 Å². The van der Waals surface area contributed by atoms with Gasteiger partial charge in [-0.25, -0.2) is 0 Å². The zero-order valence-corrected chi connectivity index (χ0v) is 18.6. The number of hydrogen-bond acceptors (Lipinski definition) is 4. The number of methoxy groups -OCH3 is 1. The van der Waals surface area contributed by atoms with Crippen molar-refractivity contribution in [2.24, 2.45) is 0 Å². The second-order valence-electron chi connectivity index (χ2n) is 8.87. The van der Waals surface area contributed by atoms with Crippen molar-refractivity contribution in [3.63, 3.8) is 0 Å². The standard InChI is InChI=1S/C25H34N2O3/c1-25(2,3)20-13-11-19(12-14-20)21(27-15-7-8-16-27)17-26-24(28)18-30-23-10-6-5-9-22(23)29-4/h5-6,9-14,21H,7-8,15-18H2,1-4H3,(H,26,28)/t21-/m1/s1. The number of nitrogens with zero attached hydrogens (tertiary/aromatic N) is 1. The monoisotopic (exact) mass is 410 g/mol. The lowest BCUT2D eigenvalue weighted by Crippen LogP contribution is -2.38. The second-order valence-corrected chi connectivity index (χ2v) is 8.87. The van der Waals surface area contributed by atoms with Crippen LogP contribution in [0.1, 0.15) is 50.8 Å². The van der Waals surface area contributed by atoms with Crippen LogP contribution in [0.15, 0.2) is 48.5 Å². The van der Waals surface area contributed by atoms with Crippen molar-refractivity contribution >= 4 is 5.91 Å². The molecule has 0 aromatic heterocycles. The molecular formula is C25H34N2O3. The third-order valence-corrected chi connectivity index (χ3v) is 5.66. The molecule has 1 atom stereocenters. The van der Waals surface area contributed by atoms with Crippen molar-refractivity contribution in [2.75, 3.05) is 33.4 Å². The molecule has 1 aliphatic rings. The van der Waals surface area contributed by atoms with Crippen LogP contribution < -0.4 is 14.8 Å².